The molecule has 0 spiro atoms. The van der Waals surface area contributed by atoms with E-state index in [0.29, 0.717) is 6.54 Å². The van der Waals surface area contributed by atoms with Crippen LogP contribution in [0.25, 0.3) is 0 Å². The largest absolute Gasteiger partial charge is 0.348 e. The molecule has 3 N–H and O–H groups in total. The van der Waals surface area contributed by atoms with Crippen molar-refractivity contribution in [1.82, 2.24) is 15.3 Å². The van der Waals surface area contributed by atoms with Gasteiger partial charge in [0.25, 0.3) is 0 Å². The Bertz CT molecular complexity index is 567. The predicted octanol–water partition coefficient (Wildman–Crippen LogP) is 3.07. The number of urea groups is 1. The second-order valence-electron chi connectivity index (χ2n) is 6.04. The summed E-state index contributed by atoms with van der Waals surface area (Å²) in [4.78, 5) is 18.7. The first kappa shape index (κ1) is 15.1. The Morgan fingerprint density at radius 1 is 1.24 bits per heavy atom. The standard InChI is InChI=1S/C16H22N4O/c1-16(2,3)12-4-6-13(7-5-12)20-15(21)18-9-8-14-10-17-11-19-14/h4-7,10-11H,8-9H2,1-3H3,(H,17,19)(H2,18,20,21). The smallest absolute Gasteiger partial charge is 0.319 e. The molecule has 0 unspecified atom stereocenters. The lowest BCUT2D eigenvalue weighted by Crippen LogP contribution is -2.30. The summed E-state index contributed by atoms with van der Waals surface area (Å²) in [7, 11) is 0. The molecule has 21 heavy (non-hydrogen) atoms. The van der Waals surface area contributed by atoms with Crippen LogP contribution in [-0.4, -0.2) is 22.5 Å². The van der Waals surface area contributed by atoms with Crippen molar-refractivity contribution in [2.45, 2.75) is 32.6 Å². The summed E-state index contributed by atoms with van der Waals surface area (Å²) >= 11 is 0. The normalized spacial score (nSPS) is 11.2. The van der Waals surface area contributed by atoms with Crippen LogP contribution in [0.2, 0.25) is 0 Å². The third kappa shape index (κ3) is 4.63. The van der Waals surface area contributed by atoms with Crippen molar-refractivity contribution in [3.8, 4) is 0 Å². The molecule has 0 fully saturated rings. The van der Waals surface area contributed by atoms with Crippen LogP contribution in [0.15, 0.2) is 36.8 Å². The van der Waals surface area contributed by atoms with E-state index in [-0.39, 0.29) is 11.4 Å². The summed E-state index contributed by atoms with van der Waals surface area (Å²) in [5.74, 6) is 0. The summed E-state index contributed by atoms with van der Waals surface area (Å²) in [6.07, 6.45) is 4.12. The van der Waals surface area contributed by atoms with Crippen LogP contribution in [0.5, 0.6) is 0 Å². The average Bonchev–Trinajstić information content (AvgIpc) is 2.91. The second-order valence-corrected chi connectivity index (χ2v) is 6.04. The van der Waals surface area contributed by atoms with Crippen LogP contribution >= 0.6 is 0 Å². The summed E-state index contributed by atoms with van der Waals surface area (Å²) in [6, 6.07) is 7.74. The van der Waals surface area contributed by atoms with E-state index >= 15 is 0 Å². The van der Waals surface area contributed by atoms with Gasteiger partial charge in [0.05, 0.1) is 6.33 Å². The van der Waals surface area contributed by atoms with Crippen molar-refractivity contribution in [3.05, 3.63) is 48.0 Å². The minimum Gasteiger partial charge on any atom is -0.348 e. The van der Waals surface area contributed by atoms with E-state index in [2.05, 4.69) is 41.4 Å². The molecule has 1 aromatic carbocycles. The van der Waals surface area contributed by atoms with E-state index in [1.165, 1.54) is 5.56 Å². The maximum atomic E-state index is 11.8. The number of amides is 2. The van der Waals surface area contributed by atoms with Gasteiger partial charge in [-0.15, -0.1) is 0 Å². The summed E-state index contributed by atoms with van der Waals surface area (Å²) in [5.41, 5.74) is 3.16. The SMILES string of the molecule is CC(C)(C)c1ccc(NC(=O)NCCc2cnc[nH]2)cc1. The summed E-state index contributed by atoms with van der Waals surface area (Å²) < 4.78 is 0. The summed E-state index contributed by atoms with van der Waals surface area (Å²) in [6.45, 7) is 7.06. The maximum Gasteiger partial charge on any atom is 0.319 e. The molecule has 0 saturated heterocycles. The van der Waals surface area contributed by atoms with E-state index in [0.717, 1.165) is 17.8 Å². The minimum absolute atomic E-state index is 0.116. The number of benzene rings is 1. The van der Waals surface area contributed by atoms with Crippen molar-refractivity contribution in [3.63, 3.8) is 0 Å². The molecule has 0 aliphatic carbocycles. The molecule has 1 heterocycles. The Morgan fingerprint density at radius 3 is 2.52 bits per heavy atom. The van der Waals surface area contributed by atoms with E-state index in [4.69, 9.17) is 0 Å². The molecule has 2 aromatic rings. The predicted molar refractivity (Wildman–Crippen MR) is 84.5 cm³/mol. The van der Waals surface area contributed by atoms with Crippen LogP contribution in [0, 0.1) is 0 Å². The highest BCUT2D eigenvalue weighted by Crippen LogP contribution is 2.23. The molecule has 2 rings (SSSR count). The number of rotatable bonds is 4. The number of nitrogens with one attached hydrogen (secondary N) is 3. The van der Waals surface area contributed by atoms with Gasteiger partial charge in [-0.1, -0.05) is 32.9 Å². The van der Waals surface area contributed by atoms with Gasteiger partial charge in [0, 0.05) is 30.5 Å². The van der Waals surface area contributed by atoms with Gasteiger partial charge in [-0.05, 0) is 23.1 Å². The summed E-state index contributed by atoms with van der Waals surface area (Å²) in [5, 5.41) is 5.64. The van der Waals surface area contributed by atoms with Gasteiger partial charge in [0.1, 0.15) is 0 Å². The molecule has 0 aliphatic heterocycles. The molecule has 0 saturated carbocycles. The van der Waals surface area contributed by atoms with Crippen molar-refractivity contribution in [2.75, 3.05) is 11.9 Å². The number of anilines is 1. The fourth-order valence-electron chi connectivity index (χ4n) is 1.96. The maximum absolute atomic E-state index is 11.8. The Hall–Kier alpha value is -2.30. The van der Waals surface area contributed by atoms with E-state index in [1.54, 1.807) is 12.5 Å². The molecular weight excluding hydrogens is 264 g/mol. The van der Waals surface area contributed by atoms with E-state index < -0.39 is 0 Å². The molecule has 0 radical (unpaired) electrons. The zero-order valence-corrected chi connectivity index (χ0v) is 12.7. The average molecular weight is 286 g/mol. The highest BCUT2D eigenvalue weighted by Gasteiger charge is 2.13. The lowest BCUT2D eigenvalue weighted by atomic mass is 9.87. The molecule has 0 aliphatic rings. The van der Waals surface area contributed by atoms with Gasteiger partial charge in [0.15, 0.2) is 0 Å². The molecule has 0 bridgehead atoms. The van der Waals surface area contributed by atoms with Gasteiger partial charge in [-0.3, -0.25) is 0 Å². The van der Waals surface area contributed by atoms with Gasteiger partial charge in [-0.2, -0.15) is 0 Å². The van der Waals surface area contributed by atoms with E-state index in [1.807, 2.05) is 24.3 Å². The van der Waals surface area contributed by atoms with Gasteiger partial charge < -0.3 is 15.6 Å². The molecular formula is C16H22N4O. The Morgan fingerprint density at radius 2 is 1.95 bits per heavy atom. The van der Waals surface area contributed by atoms with E-state index in [9.17, 15) is 4.79 Å². The highest BCUT2D eigenvalue weighted by molar-refractivity contribution is 5.89. The van der Waals surface area contributed by atoms with Gasteiger partial charge in [0.2, 0.25) is 0 Å². The number of aromatic nitrogens is 2. The van der Waals surface area contributed by atoms with Gasteiger partial charge in [-0.25, -0.2) is 9.78 Å². The first-order valence-corrected chi connectivity index (χ1v) is 7.08. The van der Waals surface area contributed by atoms with Crippen molar-refractivity contribution >= 4 is 11.7 Å². The number of hydrogen-bond donors (Lipinski definition) is 3. The third-order valence-corrected chi connectivity index (χ3v) is 3.24. The van der Waals surface area contributed by atoms with Crippen LogP contribution in [-0.2, 0) is 11.8 Å². The van der Waals surface area contributed by atoms with Crippen molar-refractivity contribution < 1.29 is 4.79 Å². The Labute approximate surface area is 125 Å². The first-order valence-electron chi connectivity index (χ1n) is 7.08. The van der Waals surface area contributed by atoms with Crippen LogP contribution in [0.1, 0.15) is 32.0 Å². The zero-order chi connectivity index (χ0) is 15.3. The quantitative estimate of drug-likeness (QED) is 0.808. The van der Waals surface area contributed by atoms with Crippen LogP contribution in [0.4, 0.5) is 10.5 Å². The molecule has 0 atom stereocenters. The fraction of sp³-hybridized carbons (Fsp3) is 0.375. The number of nitrogens with zero attached hydrogens (tertiary/aromatic N) is 1. The molecule has 1 aromatic heterocycles. The molecule has 5 nitrogen and oxygen atoms in total. The fourth-order valence-corrected chi connectivity index (χ4v) is 1.96. The minimum atomic E-state index is -0.196. The molecule has 5 heteroatoms. The highest BCUT2D eigenvalue weighted by atomic mass is 16.2. The first-order chi connectivity index (χ1) is 9.95. The number of carbonyl (C=O) groups excluding carboxylic acids is 1. The van der Waals surface area contributed by atoms with Crippen molar-refractivity contribution in [2.24, 2.45) is 0 Å². The number of imidazole rings is 1. The van der Waals surface area contributed by atoms with Gasteiger partial charge >= 0.3 is 6.03 Å². The van der Waals surface area contributed by atoms with Crippen LogP contribution in [0.3, 0.4) is 0 Å². The third-order valence-electron chi connectivity index (χ3n) is 3.24. The Kier molecular flexibility index (Phi) is 4.62. The number of aromatic amines is 1. The second kappa shape index (κ2) is 6.43. The zero-order valence-electron chi connectivity index (χ0n) is 12.7. The Balaban J connectivity index is 1.79. The topological polar surface area (TPSA) is 69.8 Å². The molecule has 112 valence electrons. The monoisotopic (exact) mass is 286 g/mol. The van der Waals surface area contributed by atoms with Crippen molar-refractivity contribution in [1.29, 1.82) is 0 Å². The number of carbonyl (C=O) groups is 1. The lowest BCUT2D eigenvalue weighted by molar-refractivity contribution is 0.252. The number of H-pyrrole nitrogens is 1. The molecule has 2 amide bonds. The van der Waals surface area contributed by atoms with Crippen LogP contribution < -0.4 is 10.6 Å². The lowest BCUT2D eigenvalue weighted by Gasteiger charge is -2.19. The number of hydrogen-bond acceptors (Lipinski definition) is 2.